The number of hydrogen-bond acceptors (Lipinski definition) is 4. The summed E-state index contributed by atoms with van der Waals surface area (Å²) >= 11 is 0. The maximum absolute atomic E-state index is 14.1. The zero-order valence-corrected chi connectivity index (χ0v) is 22.0. The van der Waals surface area contributed by atoms with E-state index in [9.17, 15) is 14.9 Å². The number of non-ortho nitro benzene ring substituents is 1. The number of benzene rings is 3. The Kier molecular flexibility index (Phi) is 5.95. The lowest BCUT2D eigenvalue weighted by molar-refractivity contribution is -0.384. The number of carbonyl (C=O) groups is 1. The second-order valence-corrected chi connectivity index (χ2v) is 11.1. The van der Waals surface area contributed by atoms with E-state index in [1.807, 2.05) is 0 Å². The van der Waals surface area contributed by atoms with Gasteiger partial charge in [0.15, 0.2) is 0 Å². The molecule has 194 valence electrons. The molecule has 3 aromatic rings. The molecule has 2 aliphatic carbocycles. The lowest BCUT2D eigenvalue weighted by atomic mass is 9.63. The van der Waals surface area contributed by atoms with E-state index in [2.05, 4.69) is 78.5 Å². The normalized spacial score (nSPS) is 24.4. The number of rotatable bonds is 4. The Morgan fingerprint density at radius 3 is 2.34 bits per heavy atom. The fourth-order valence-electron chi connectivity index (χ4n) is 7.36. The molecule has 0 radical (unpaired) electrons. The van der Waals surface area contributed by atoms with Crippen molar-refractivity contribution in [1.29, 1.82) is 0 Å². The number of amides is 1. The van der Waals surface area contributed by atoms with E-state index in [4.69, 9.17) is 0 Å². The molecule has 6 heteroatoms. The van der Waals surface area contributed by atoms with Crippen molar-refractivity contribution in [2.24, 2.45) is 0 Å². The Morgan fingerprint density at radius 2 is 1.63 bits per heavy atom. The van der Waals surface area contributed by atoms with Crippen molar-refractivity contribution in [2.45, 2.75) is 49.6 Å². The van der Waals surface area contributed by atoms with E-state index in [-0.39, 0.29) is 17.1 Å². The molecular weight excluding hydrogens is 474 g/mol. The second kappa shape index (κ2) is 9.21. The monoisotopic (exact) mass is 507 g/mol. The van der Waals surface area contributed by atoms with Crippen molar-refractivity contribution in [3.05, 3.63) is 117 Å². The maximum atomic E-state index is 14.1. The van der Waals surface area contributed by atoms with Crippen LogP contribution in [-0.2, 0) is 12.0 Å². The molecule has 0 N–H and O–H groups in total. The smallest absolute Gasteiger partial charge is 0.270 e. The van der Waals surface area contributed by atoms with Crippen molar-refractivity contribution >= 4 is 17.2 Å². The first-order valence-electron chi connectivity index (χ1n) is 13.5. The molecule has 3 aromatic carbocycles. The van der Waals surface area contributed by atoms with E-state index in [1.54, 1.807) is 12.1 Å². The number of nitrogens with zero attached hydrogens (tertiary/aromatic N) is 3. The third-order valence-electron chi connectivity index (χ3n) is 9.36. The minimum Gasteiger partial charge on any atom is -0.329 e. The van der Waals surface area contributed by atoms with Gasteiger partial charge in [0.25, 0.3) is 11.6 Å². The van der Waals surface area contributed by atoms with Crippen molar-refractivity contribution in [1.82, 2.24) is 9.80 Å². The lowest BCUT2D eigenvalue weighted by Crippen LogP contribution is -2.60. The quantitative estimate of drug-likeness (QED) is 0.311. The van der Waals surface area contributed by atoms with Crippen LogP contribution in [-0.4, -0.2) is 46.8 Å². The minimum atomic E-state index is -0.428. The molecule has 1 aliphatic heterocycles. The summed E-state index contributed by atoms with van der Waals surface area (Å²) in [6, 6.07) is 25.6. The van der Waals surface area contributed by atoms with Crippen LogP contribution in [0, 0.1) is 10.1 Å². The summed E-state index contributed by atoms with van der Waals surface area (Å²) in [5.74, 6) is -0.103. The van der Waals surface area contributed by atoms with Crippen LogP contribution in [0.25, 0.3) is 5.57 Å². The average molecular weight is 508 g/mol. The summed E-state index contributed by atoms with van der Waals surface area (Å²) in [7, 11) is 4.32. The molecule has 0 atom stereocenters. The van der Waals surface area contributed by atoms with Gasteiger partial charge in [0.2, 0.25) is 0 Å². The van der Waals surface area contributed by atoms with Crippen molar-refractivity contribution in [3.63, 3.8) is 0 Å². The van der Waals surface area contributed by atoms with Gasteiger partial charge >= 0.3 is 0 Å². The highest BCUT2D eigenvalue weighted by Gasteiger charge is 2.53. The molecule has 1 spiro atoms. The van der Waals surface area contributed by atoms with Gasteiger partial charge in [0, 0.05) is 29.8 Å². The Balaban J connectivity index is 1.43. The molecule has 6 rings (SSSR count). The molecule has 1 amide bonds. The van der Waals surface area contributed by atoms with Crippen molar-refractivity contribution < 1.29 is 9.72 Å². The van der Waals surface area contributed by atoms with Crippen LogP contribution in [0.5, 0.6) is 0 Å². The van der Waals surface area contributed by atoms with Crippen LogP contribution in [0.4, 0.5) is 5.69 Å². The van der Waals surface area contributed by atoms with Gasteiger partial charge in [-0.2, -0.15) is 0 Å². The van der Waals surface area contributed by atoms with Crippen molar-refractivity contribution in [3.8, 4) is 0 Å². The van der Waals surface area contributed by atoms with Crippen molar-refractivity contribution in [2.75, 3.05) is 20.6 Å². The van der Waals surface area contributed by atoms with Gasteiger partial charge < -0.3 is 4.90 Å². The summed E-state index contributed by atoms with van der Waals surface area (Å²) in [6.07, 6.45) is 5.24. The van der Waals surface area contributed by atoms with Crippen LogP contribution in [0.3, 0.4) is 0 Å². The van der Waals surface area contributed by atoms with Crippen LogP contribution in [0.1, 0.15) is 59.2 Å². The summed E-state index contributed by atoms with van der Waals surface area (Å²) in [6.45, 7) is 0.620. The van der Waals surface area contributed by atoms with Gasteiger partial charge in [-0.15, -0.1) is 0 Å². The molecule has 0 aromatic heterocycles. The first-order valence-corrected chi connectivity index (χ1v) is 13.5. The van der Waals surface area contributed by atoms with E-state index in [0.29, 0.717) is 12.1 Å². The van der Waals surface area contributed by atoms with Crippen LogP contribution < -0.4 is 0 Å². The molecule has 1 saturated carbocycles. The molecular formula is C32H33N3O3. The summed E-state index contributed by atoms with van der Waals surface area (Å²) in [5.41, 5.74) is 6.62. The first kappa shape index (κ1) is 24.6. The summed E-state index contributed by atoms with van der Waals surface area (Å²) in [5, 5.41) is 11.5. The number of hydrogen-bond donors (Lipinski definition) is 0. The number of carbonyl (C=O) groups excluding carboxylic acids is 1. The van der Waals surface area contributed by atoms with E-state index < -0.39 is 10.5 Å². The SMILES string of the molecule is CN(C)C1(c2ccccc2)CCC2(CC1)C1=C(CCN2C(=O)c2cccc([N+](=O)[O-])c2)c2ccccc2C1. The molecule has 0 unspecified atom stereocenters. The number of nitro groups is 1. The van der Waals surface area contributed by atoms with E-state index in [0.717, 1.165) is 38.5 Å². The molecule has 38 heavy (non-hydrogen) atoms. The van der Waals surface area contributed by atoms with Gasteiger partial charge in [-0.3, -0.25) is 19.8 Å². The van der Waals surface area contributed by atoms with Gasteiger partial charge in [0.1, 0.15) is 0 Å². The predicted octanol–water partition coefficient (Wildman–Crippen LogP) is 6.22. The maximum Gasteiger partial charge on any atom is 0.270 e. The van der Waals surface area contributed by atoms with E-state index >= 15 is 0 Å². The molecule has 3 aliphatic rings. The Hall–Kier alpha value is -3.77. The largest absolute Gasteiger partial charge is 0.329 e. The topological polar surface area (TPSA) is 66.7 Å². The highest BCUT2D eigenvalue weighted by atomic mass is 16.6. The van der Waals surface area contributed by atoms with Gasteiger partial charge in [-0.05, 0) is 86.5 Å². The zero-order chi connectivity index (χ0) is 26.5. The van der Waals surface area contributed by atoms with Gasteiger partial charge in [0.05, 0.1) is 10.5 Å². The standard InChI is InChI=1S/C32H33N3O3/c1-33(2)31(25-11-4-3-5-12-25)16-18-32(19-17-31)29-22-23-9-6-7-14-27(23)28(29)15-20-34(32)30(36)24-10-8-13-26(21-24)35(37)38/h3-14,21H,15-20,22H2,1-2H3. The number of nitro benzene ring substituents is 1. The average Bonchev–Trinajstić information content (AvgIpc) is 3.34. The molecule has 0 bridgehead atoms. The molecule has 1 fully saturated rings. The zero-order valence-electron chi connectivity index (χ0n) is 22.0. The third-order valence-corrected chi connectivity index (χ3v) is 9.36. The highest BCUT2D eigenvalue weighted by molar-refractivity contribution is 5.97. The lowest BCUT2D eigenvalue weighted by Gasteiger charge is -2.56. The first-order chi connectivity index (χ1) is 18.4. The van der Waals surface area contributed by atoms with E-state index in [1.165, 1.54) is 40.0 Å². The van der Waals surface area contributed by atoms with Gasteiger partial charge in [-0.25, -0.2) is 0 Å². The Morgan fingerprint density at radius 1 is 0.921 bits per heavy atom. The van der Waals surface area contributed by atoms with Gasteiger partial charge in [-0.1, -0.05) is 60.7 Å². The highest BCUT2D eigenvalue weighted by Crippen LogP contribution is 2.55. The molecule has 0 saturated heterocycles. The fourth-order valence-corrected chi connectivity index (χ4v) is 7.36. The summed E-state index contributed by atoms with van der Waals surface area (Å²) < 4.78 is 0. The van der Waals surface area contributed by atoms with Crippen LogP contribution >= 0.6 is 0 Å². The molecule has 6 nitrogen and oxygen atoms in total. The molecule has 1 heterocycles. The predicted molar refractivity (Wildman–Crippen MR) is 149 cm³/mol. The Bertz CT molecular complexity index is 1440. The van der Waals surface area contributed by atoms with Crippen LogP contribution in [0.2, 0.25) is 0 Å². The fraction of sp³-hybridized carbons (Fsp3) is 0.344. The van der Waals surface area contributed by atoms with Crippen LogP contribution in [0.15, 0.2) is 84.4 Å². The summed E-state index contributed by atoms with van der Waals surface area (Å²) in [4.78, 5) is 29.6. The number of fused-ring (bicyclic) bond motifs is 3. The minimum absolute atomic E-state index is 0.0468. The second-order valence-electron chi connectivity index (χ2n) is 11.1. The Labute approximate surface area is 223 Å². The third kappa shape index (κ3) is 3.70.